The van der Waals surface area contributed by atoms with Crippen LogP contribution >= 0.6 is 0 Å². The van der Waals surface area contributed by atoms with E-state index in [-0.39, 0.29) is 0 Å². The third-order valence-corrected chi connectivity index (χ3v) is 7.56. The average molecular weight is 501 g/mol. The lowest BCUT2D eigenvalue weighted by Gasteiger charge is -2.16. The summed E-state index contributed by atoms with van der Waals surface area (Å²) in [7, 11) is 0. The van der Waals surface area contributed by atoms with E-state index in [1.165, 1.54) is 25.7 Å². The summed E-state index contributed by atoms with van der Waals surface area (Å²) in [5.41, 5.74) is 9.82. The van der Waals surface area contributed by atoms with Crippen molar-refractivity contribution in [2.24, 2.45) is 5.92 Å². The number of aromatic amines is 2. The molecule has 38 heavy (non-hydrogen) atoms. The number of hydrogen-bond donors (Lipinski definition) is 3. The topological polar surface area (TPSA) is 100 Å². The van der Waals surface area contributed by atoms with Crippen LogP contribution in [-0.4, -0.2) is 34.7 Å². The van der Waals surface area contributed by atoms with E-state index in [4.69, 9.17) is 0 Å². The van der Waals surface area contributed by atoms with Crippen molar-refractivity contribution in [2.75, 3.05) is 5.32 Å². The predicted octanol–water partition coefficient (Wildman–Crippen LogP) is 6.78. The van der Waals surface area contributed by atoms with E-state index in [1.807, 2.05) is 48.8 Å². The molecule has 188 valence electrons. The van der Waals surface area contributed by atoms with Gasteiger partial charge in [-0.2, -0.15) is 5.10 Å². The Labute approximate surface area is 219 Å². The normalized spacial score (nSPS) is 14.0. The maximum Gasteiger partial charge on any atom is 0.116 e. The zero-order chi connectivity index (χ0) is 25.6. The van der Waals surface area contributed by atoms with E-state index in [0.717, 1.165) is 67.1 Å². The molecule has 7 rings (SSSR count). The summed E-state index contributed by atoms with van der Waals surface area (Å²) in [6.45, 7) is 6.27. The fourth-order valence-corrected chi connectivity index (χ4v) is 5.55. The highest BCUT2D eigenvalue weighted by Gasteiger charge is 2.19. The van der Waals surface area contributed by atoms with Crippen LogP contribution in [0.15, 0.2) is 79.9 Å². The van der Waals surface area contributed by atoms with Crippen molar-refractivity contribution in [2.45, 2.75) is 32.6 Å². The molecule has 0 amide bonds. The molecule has 1 fully saturated rings. The van der Waals surface area contributed by atoms with Gasteiger partial charge in [-0.25, -0.2) is 4.98 Å². The minimum Gasteiger partial charge on any atom is -0.358 e. The van der Waals surface area contributed by atoms with Crippen LogP contribution < -0.4 is 5.32 Å². The molecular weight excluding hydrogens is 472 g/mol. The minimum absolute atomic E-state index is 0.549. The summed E-state index contributed by atoms with van der Waals surface area (Å²) in [6.07, 6.45) is 16.3. The summed E-state index contributed by atoms with van der Waals surface area (Å²) in [5, 5.41) is 13.5. The maximum atomic E-state index is 4.67. The van der Waals surface area contributed by atoms with Gasteiger partial charge in [-0.1, -0.05) is 25.5 Å². The Morgan fingerprint density at radius 2 is 1.84 bits per heavy atom. The Kier molecular flexibility index (Phi) is 5.32. The van der Waals surface area contributed by atoms with Crippen molar-refractivity contribution in [3.05, 3.63) is 85.6 Å². The quantitative estimate of drug-likeness (QED) is 0.234. The molecule has 6 aromatic rings. The molecule has 5 aromatic heterocycles. The van der Waals surface area contributed by atoms with Crippen molar-refractivity contribution in [1.82, 2.24) is 34.7 Å². The number of benzene rings is 1. The molecule has 1 saturated carbocycles. The summed E-state index contributed by atoms with van der Waals surface area (Å²) < 4.78 is 2.00. The first-order chi connectivity index (χ1) is 18.6. The largest absolute Gasteiger partial charge is 0.358 e. The molecule has 0 radical (unpaired) electrons. The summed E-state index contributed by atoms with van der Waals surface area (Å²) in [6, 6.07) is 10.6. The smallest absolute Gasteiger partial charge is 0.116 e. The molecule has 0 unspecified atom stereocenters. The van der Waals surface area contributed by atoms with E-state index in [0.29, 0.717) is 5.92 Å². The van der Waals surface area contributed by atoms with E-state index in [1.54, 1.807) is 0 Å². The molecule has 8 nitrogen and oxygen atoms in total. The number of aromatic nitrogens is 7. The Morgan fingerprint density at radius 1 is 0.974 bits per heavy atom. The molecule has 0 spiro atoms. The van der Waals surface area contributed by atoms with Crippen LogP contribution in [-0.2, 0) is 0 Å². The van der Waals surface area contributed by atoms with E-state index >= 15 is 0 Å². The zero-order valence-electron chi connectivity index (χ0n) is 21.2. The van der Waals surface area contributed by atoms with Gasteiger partial charge in [-0.05, 0) is 55.5 Å². The highest BCUT2D eigenvalue weighted by atomic mass is 15.1. The lowest BCUT2D eigenvalue weighted by atomic mass is 10.0. The molecule has 0 atom stereocenters. The molecular formula is C30H28N8. The molecule has 1 aliphatic rings. The number of hydrogen-bond acceptors (Lipinski definition) is 5. The summed E-state index contributed by atoms with van der Waals surface area (Å²) >= 11 is 0. The van der Waals surface area contributed by atoms with Crippen molar-refractivity contribution in [3.63, 3.8) is 0 Å². The number of pyridine rings is 2. The molecule has 0 aliphatic heterocycles. The molecule has 0 bridgehead atoms. The van der Waals surface area contributed by atoms with Crippen LogP contribution in [0.2, 0.25) is 0 Å². The van der Waals surface area contributed by atoms with Gasteiger partial charge in [0.1, 0.15) is 5.69 Å². The first-order valence-electron chi connectivity index (χ1n) is 13.0. The van der Waals surface area contributed by atoms with Gasteiger partial charge in [-0.15, -0.1) is 0 Å². The monoisotopic (exact) mass is 500 g/mol. The maximum absolute atomic E-state index is 4.67. The molecule has 0 saturated heterocycles. The third-order valence-electron chi connectivity index (χ3n) is 7.56. The van der Waals surface area contributed by atoms with Gasteiger partial charge < -0.3 is 14.9 Å². The van der Waals surface area contributed by atoms with Crippen molar-refractivity contribution >= 4 is 27.5 Å². The summed E-state index contributed by atoms with van der Waals surface area (Å²) in [5.74, 6) is 0.549. The number of anilines is 1. The van der Waals surface area contributed by atoms with Crippen molar-refractivity contribution in [3.8, 4) is 28.2 Å². The number of fused-ring (bicyclic) bond motifs is 2. The van der Waals surface area contributed by atoms with Crippen molar-refractivity contribution in [1.29, 1.82) is 0 Å². The van der Waals surface area contributed by atoms with Crippen LogP contribution in [0.4, 0.5) is 5.69 Å². The number of imidazole rings is 1. The predicted molar refractivity (Wildman–Crippen MR) is 151 cm³/mol. The van der Waals surface area contributed by atoms with Gasteiger partial charge in [-0.3, -0.25) is 15.1 Å². The first-order valence-corrected chi connectivity index (χ1v) is 13.0. The van der Waals surface area contributed by atoms with Crippen LogP contribution in [0.1, 0.15) is 31.4 Å². The standard InChI is InChI=1S/C30H28N8/c1-18-16-38(17-33-18)29-15-32-14-28-24(29)11-27(35-28)30-25-10-21(7-8-26(25)36-37-30)22-9-23(13-31-12-22)34-19(2)20-5-3-4-6-20/h7-17,20,34-35H,2-6H2,1H3,(H,36,37). The Bertz CT molecular complexity index is 1800. The molecule has 8 heteroatoms. The zero-order valence-corrected chi connectivity index (χ0v) is 21.2. The van der Waals surface area contributed by atoms with Crippen LogP contribution in [0.3, 0.4) is 0 Å². The van der Waals surface area contributed by atoms with Crippen LogP contribution in [0.5, 0.6) is 0 Å². The molecule has 5 heterocycles. The van der Waals surface area contributed by atoms with Gasteiger partial charge >= 0.3 is 0 Å². The van der Waals surface area contributed by atoms with Gasteiger partial charge in [0.2, 0.25) is 0 Å². The average Bonchev–Trinajstić information content (AvgIpc) is 3.74. The Hall–Kier alpha value is -4.72. The highest BCUT2D eigenvalue weighted by Crippen LogP contribution is 2.34. The first kappa shape index (κ1) is 22.5. The third kappa shape index (κ3) is 3.94. The number of allylic oxidation sites excluding steroid dienone is 1. The second kappa shape index (κ2) is 8.99. The number of nitrogens with zero attached hydrogens (tertiary/aromatic N) is 5. The fraction of sp³-hybridized carbons (Fsp3) is 0.200. The Balaban J connectivity index is 1.24. The number of rotatable bonds is 6. The number of H-pyrrole nitrogens is 2. The summed E-state index contributed by atoms with van der Waals surface area (Å²) in [4.78, 5) is 16.8. The van der Waals surface area contributed by atoms with Crippen molar-refractivity contribution < 1.29 is 0 Å². The molecule has 1 aromatic carbocycles. The Morgan fingerprint density at radius 3 is 2.68 bits per heavy atom. The lowest BCUT2D eigenvalue weighted by Crippen LogP contribution is -2.07. The lowest BCUT2D eigenvalue weighted by molar-refractivity contribution is 0.649. The minimum atomic E-state index is 0.549. The van der Waals surface area contributed by atoms with Gasteiger partial charge in [0.05, 0.1) is 58.7 Å². The van der Waals surface area contributed by atoms with Crippen LogP contribution in [0.25, 0.3) is 50.0 Å². The van der Waals surface area contributed by atoms with E-state index in [9.17, 15) is 0 Å². The van der Waals surface area contributed by atoms with Gasteiger partial charge in [0.15, 0.2) is 0 Å². The van der Waals surface area contributed by atoms with E-state index < -0.39 is 0 Å². The fourth-order valence-electron chi connectivity index (χ4n) is 5.55. The second-order valence-corrected chi connectivity index (χ2v) is 10.2. The SMILES string of the molecule is C=C(Nc1cncc(-c2ccc3[nH]nc(-c4cc5c(-n6cnc(C)c6)cncc5[nH]4)c3c2)c1)C1CCCC1. The van der Waals surface area contributed by atoms with Crippen LogP contribution in [0, 0.1) is 12.8 Å². The molecule has 3 N–H and O–H groups in total. The molecule has 1 aliphatic carbocycles. The van der Waals surface area contributed by atoms with E-state index in [2.05, 4.69) is 72.4 Å². The highest BCUT2D eigenvalue weighted by molar-refractivity contribution is 5.99. The second-order valence-electron chi connectivity index (χ2n) is 10.2. The number of aryl methyl sites for hydroxylation is 1. The number of nitrogens with one attached hydrogen (secondary N) is 3. The van der Waals surface area contributed by atoms with Gasteiger partial charge in [0, 0.05) is 34.4 Å². The van der Waals surface area contributed by atoms with Gasteiger partial charge in [0.25, 0.3) is 0 Å².